The smallest absolute Gasteiger partial charge is 0.345 e. The number of ether oxygens (including phenoxy) is 1. The number of nitrogens with zero attached hydrogens (tertiary/aromatic N) is 1. The van der Waals surface area contributed by atoms with E-state index in [1.54, 1.807) is 30.5 Å². The van der Waals surface area contributed by atoms with Crippen molar-refractivity contribution >= 4 is 32.6 Å². The third kappa shape index (κ3) is 3.83. The maximum atomic E-state index is 12.5. The van der Waals surface area contributed by atoms with E-state index >= 15 is 0 Å². The average Bonchev–Trinajstić information content (AvgIpc) is 2.94. The molecule has 3 aromatic rings. The lowest BCUT2D eigenvalue weighted by atomic mass is 10.2. The van der Waals surface area contributed by atoms with Crippen LogP contribution in [0.15, 0.2) is 54.7 Å². The van der Waals surface area contributed by atoms with Crippen molar-refractivity contribution in [2.75, 3.05) is 11.0 Å². The van der Waals surface area contributed by atoms with E-state index in [9.17, 15) is 13.2 Å². The molecule has 0 saturated carbocycles. The lowest BCUT2D eigenvalue weighted by Gasteiger charge is -2.06. The van der Waals surface area contributed by atoms with Crippen LogP contribution >= 0.6 is 0 Å². The number of sulfonamides is 1. The Morgan fingerprint density at radius 3 is 2.44 bits per heavy atom. The molecule has 0 unspecified atom stereocenters. The second-order valence-corrected chi connectivity index (χ2v) is 7.38. The van der Waals surface area contributed by atoms with E-state index in [4.69, 9.17) is 4.74 Å². The number of aryl methyl sites for hydroxylation is 1. The third-order valence-corrected chi connectivity index (χ3v) is 4.32. The highest BCUT2D eigenvalue weighted by atomic mass is 32.2. The molecule has 0 saturated heterocycles. The summed E-state index contributed by atoms with van der Waals surface area (Å²) >= 11 is 0. The highest BCUT2D eigenvalue weighted by molar-refractivity contribution is 7.92. The van der Waals surface area contributed by atoms with Crippen molar-refractivity contribution in [3.05, 3.63) is 60.3 Å². The molecule has 0 aliphatic carbocycles. The van der Waals surface area contributed by atoms with Crippen LogP contribution < -0.4 is 9.46 Å². The monoisotopic (exact) mass is 358 g/mol. The van der Waals surface area contributed by atoms with E-state index in [-0.39, 0.29) is 0 Å². The minimum Gasteiger partial charge on any atom is -0.423 e. The lowest BCUT2D eigenvalue weighted by Crippen LogP contribution is -2.10. The van der Waals surface area contributed by atoms with Crippen LogP contribution in [0.4, 0.5) is 5.69 Å². The van der Waals surface area contributed by atoms with Crippen LogP contribution in [0, 0.1) is 0 Å². The van der Waals surface area contributed by atoms with Crippen molar-refractivity contribution < 1.29 is 17.9 Å². The fourth-order valence-electron chi connectivity index (χ4n) is 2.64. The Hall–Kier alpha value is -2.80. The van der Waals surface area contributed by atoms with Gasteiger partial charge in [0.2, 0.25) is 10.0 Å². The van der Waals surface area contributed by atoms with Gasteiger partial charge in [0, 0.05) is 29.3 Å². The Bertz CT molecular complexity index is 1020. The van der Waals surface area contributed by atoms with Gasteiger partial charge >= 0.3 is 5.97 Å². The number of esters is 1. The van der Waals surface area contributed by atoms with Gasteiger partial charge in [0.15, 0.2) is 0 Å². The molecule has 25 heavy (non-hydrogen) atoms. The van der Waals surface area contributed by atoms with Gasteiger partial charge < -0.3 is 9.30 Å². The van der Waals surface area contributed by atoms with Crippen molar-refractivity contribution in [3.63, 3.8) is 0 Å². The number of nitrogens with one attached hydrogen (secondary N) is 1. The Kier molecular flexibility index (Phi) is 4.50. The van der Waals surface area contributed by atoms with Gasteiger partial charge in [-0.2, -0.15) is 0 Å². The van der Waals surface area contributed by atoms with Gasteiger partial charge in [-0.05, 0) is 37.3 Å². The van der Waals surface area contributed by atoms with Gasteiger partial charge in [-0.25, -0.2) is 13.2 Å². The predicted octanol–water partition coefficient (Wildman–Crippen LogP) is 3.25. The summed E-state index contributed by atoms with van der Waals surface area (Å²) in [5.74, 6) is -0.107. The van der Waals surface area contributed by atoms with Crippen LogP contribution in [0.1, 0.15) is 17.3 Å². The van der Waals surface area contributed by atoms with Crippen molar-refractivity contribution in [3.8, 4) is 5.75 Å². The molecule has 0 aliphatic heterocycles. The molecule has 130 valence electrons. The van der Waals surface area contributed by atoms with E-state index < -0.39 is 16.0 Å². The zero-order chi connectivity index (χ0) is 18.0. The number of hydrogen-bond acceptors (Lipinski definition) is 4. The van der Waals surface area contributed by atoms with Gasteiger partial charge in [0.05, 0.1) is 11.8 Å². The quantitative estimate of drug-likeness (QED) is 0.561. The molecule has 0 radical (unpaired) electrons. The summed E-state index contributed by atoms with van der Waals surface area (Å²) in [7, 11) is -3.34. The summed E-state index contributed by atoms with van der Waals surface area (Å²) in [4.78, 5) is 12.5. The SMILES string of the molecule is CCn1cc(C(=O)Oc2ccc(NS(C)(=O)=O)cc2)c2ccccc21. The van der Waals surface area contributed by atoms with Crippen LogP contribution in [0.2, 0.25) is 0 Å². The molecular formula is C18H18N2O4S. The largest absolute Gasteiger partial charge is 0.423 e. The molecule has 1 aromatic heterocycles. The summed E-state index contributed by atoms with van der Waals surface area (Å²) in [5.41, 5.74) is 1.88. The van der Waals surface area contributed by atoms with E-state index in [2.05, 4.69) is 4.72 Å². The van der Waals surface area contributed by atoms with Crippen molar-refractivity contribution in [2.24, 2.45) is 0 Å². The van der Waals surface area contributed by atoms with E-state index in [1.165, 1.54) is 0 Å². The Morgan fingerprint density at radius 2 is 1.80 bits per heavy atom. The Balaban J connectivity index is 1.83. The topological polar surface area (TPSA) is 77.4 Å². The summed E-state index contributed by atoms with van der Waals surface area (Å²) < 4.78 is 32.2. The molecule has 1 N–H and O–H groups in total. The number of aromatic nitrogens is 1. The molecule has 7 heteroatoms. The van der Waals surface area contributed by atoms with Crippen LogP contribution in [0.3, 0.4) is 0 Å². The molecule has 0 amide bonds. The number of rotatable bonds is 5. The molecule has 2 aromatic carbocycles. The van der Waals surface area contributed by atoms with Gasteiger partial charge in [0.25, 0.3) is 0 Å². The van der Waals surface area contributed by atoms with Crippen LogP contribution in [-0.2, 0) is 16.6 Å². The number of benzene rings is 2. The average molecular weight is 358 g/mol. The molecule has 0 atom stereocenters. The number of carbonyl (C=O) groups excluding carboxylic acids is 1. The standard InChI is InChI=1S/C18H18N2O4S/c1-3-20-12-16(15-6-4-5-7-17(15)20)18(21)24-14-10-8-13(9-11-14)19-25(2,22)23/h4-12,19H,3H2,1-2H3. The maximum absolute atomic E-state index is 12.5. The number of para-hydroxylation sites is 1. The summed E-state index contributed by atoms with van der Waals surface area (Å²) in [5, 5.41) is 0.838. The van der Waals surface area contributed by atoms with Gasteiger partial charge in [-0.3, -0.25) is 4.72 Å². The fourth-order valence-corrected chi connectivity index (χ4v) is 3.20. The highest BCUT2D eigenvalue weighted by Crippen LogP contribution is 2.24. The number of anilines is 1. The fraction of sp³-hybridized carbons (Fsp3) is 0.167. The van der Waals surface area contributed by atoms with Crippen molar-refractivity contribution in [1.82, 2.24) is 4.57 Å². The zero-order valence-corrected chi connectivity index (χ0v) is 14.7. The van der Waals surface area contributed by atoms with Crippen LogP contribution in [0.5, 0.6) is 5.75 Å². The molecule has 1 heterocycles. The summed E-state index contributed by atoms with van der Waals surface area (Å²) in [6.45, 7) is 2.76. The van der Waals surface area contributed by atoms with Gasteiger partial charge in [-0.15, -0.1) is 0 Å². The minimum absolute atomic E-state index is 0.345. The first-order valence-corrected chi connectivity index (χ1v) is 9.64. The number of fused-ring (bicyclic) bond motifs is 1. The van der Waals surface area contributed by atoms with E-state index in [0.717, 1.165) is 23.7 Å². The first kappa shape index (κ1) is 17.0. The minimum atomic E-state index is -3.34. The molecule has 3 rings (SSSR count). The van der Waals surface area contributed by atoms with Gasteiger partial charge in [-0.1, -0.05) is 18.2 Å². The molecule has 0 bridgehead atoms. The molecule has 0 aliphatic rings. The predicted molar refractivity (Wildman–Crippen MR) is 97.5 cm³/mol. The third-order valence-electron chi connectivity index (χ3n) is 3.72. The lowest BCUT2D eigenvalue weighted by molar-refractivity contribution is 0.0736. The molecule has 0 fully saturated rings. The van der Waals surface area contributed by atoms with Crippen molar-refractivity contribution in [1.29, 1.82) is 0 Å². The second kappa shape index (κ2) is 6.60. The normalized spacial score (nSPS) is 11.4. The molecular weight excluding hydrogens is 340 g/mol. The first-order valence-electron chi connectivity index (χ1n) is 7.75. The number of carbonyl (C=O) groups is 1. The maximum Gasteiger partial charge on any atom is 0.345 e. The van der Waals surface area contributed by atoms with E-state index in [1.807, 2.05) is 35.8 Å². The highest BCUT2D eigenvalue weighted by Gasteiger charge is 2.16. The van der Waals surface area contributed by atoms with Crippen LogP contribution in [-0.4, -0.2) is 25.2 Å². The van der Waals surface area contributed by atoms with Crippen LogP contribution in [0.25, 0.3) is 10.9 Å². The molecule has 6 nitrogen and oxygen atoms in total. The first-order chi connectivity index (χ1) is 11.9. The summed E-state index contributed by atoms with van der Waals surface area (Å²) in [6.07, 6.45) is 2.86. The summed E-state index contributed by atoms with van der Waals surface area (Å²) in [6, 6.07) is 13.8. The molecule has 0 spiro atoms. The van der Waals surface area contributed by atoms with E-state index in [0.29, 0.717) is 17.0 Å². The second-order valence-electron chi connectivity index (χ2n) is 5.63. The zero-order valence-electron chi connectivity index (χ0n) is 13.9. The Morgan fingerprint density at radius 1 is 1.12 bits per heavy atom. The van der Waals surface area contributed by atoms with Crippen molar-refractivity contribution in [2.45, 2.75) is 13.5 Å². The van der Waals surface area contributed by atoms with Gasteiger partial charge in [0.1, 0.15) is 5.75 Å². The Labute approximate surface area is 146 Å². The number of hydrogen-bond donors (Lipinski definition) is 1.